The lowest BCUT2D eigenvalue weighted by atomic mass is 10.0. The first kappa shape index (κ1) is 15.4. The highest BCUT2D eigenvalue weighted by molar-refractivity contribution is 5.05. The third-order valence-electron chi connectivity index (χ3n) is 4.11. The molecule has 0 bridgehead atoms. The molecule has 1 heterocycles. The van der Waals surface area contributed by atoms with Crippen LogP contribution >= 0.6 is 0 Å². The van der Waals surface area contributed by atoms with Gasteiger partial charge in [-0.15, -0.1) is 0 Å². The lowest BCUT2D eigenvalue weighted by Crippen LogP contribution is -2.30. The van der Waals surface area contributed by atoms with Crippen LogP contribution < -0.4 is 5.32 Å². The number of ether oxygens (including phenoxy) is 1. The predicted octanol–water partition coefficient (Wildman–Crippen LogP) is 2.81. The lowest BCUT2D eigenvalue weighted by molar-refractivity contribution is -0.0469. The Kier molecular flexibility index (Phi) is 5.54. The summed E-state index contributed by atoms with van der Waals surface area (Å²) < 4.78 is 11.4. The van der Waals surface area contributed by atoms with Crippen LogP contribution in [-0.4, -0.2) is 29.3 Å². The highest BCUT2D eigenvalue weighted by Crippen LogP contribution is 2.40. The standard InChI is InChI=1S/C15H27N3O2/c1-4-12(16-5-2)11-13-17-14(18-20-13)15(19-6-3)9-7-8-10-15/h12,16H,4-11H2,1-3H3. The van der Waals surface area contributed by atoms with Gasteiger partial charge in [0.25, 0.3) is 0 Å². The van der Waals surface area contributed by atoms with Crippen molar-refractivity contribution in [1.82, 2.24) is 15.5 Å². The third-order valence-corrected chi connectivity index (χ3v) is 4.11. The Bertz CT molecular complexity index is 400. The van der Waals surface area contributed by atoms with Gasteiger partial charge in [-0.3, -0.25) is 0 Å². The van der Waals surface area contributed by atoms with Gasteiger partial charge in [0.1, 0.15) is 5.60 Å². The Labute approximate surface area is 121 Å². The van der Waals surface area contributed by atoms with Crippen molar-refractivity contribution in [2.45, 2.75) is 70.9 Å². The van der Waals surface area contributed by atoms with Crippen molar-refractivity contribution in [2.24, 2.45) is 0 Å². The fraction of sp³-hybridized carbons (Fsp3) is 0.867. The van der Waals surface area contributed by atoms with Gasteiger partial charge < -0.3 is 14.6 Å². The fourth-order valence-electron chi connectivity index (χ4n) is 3.04. The summed E-state index contributed by atoms with van der Waals surface area (Å²) in [6, 6.07) is 0.403. The third kappa shape index (κ3) is 3.38. The number of rotatable bonds is 8. The molecule has 1 unspecified atom stereocenters. The number of nitrogens with one attached hydrogen (secondary N) is 1. The predicted molar refractivity (Wildman–Crippen MR) is 77.5 cm³/mol. The van der Waals surface area contributed by atoms with Crippen molar-refractivity contribution in [2.75, 3.05) is 13.2 Å². The minimum Gasteiger partial charge on any atom is -0.367 e. The van der Waals surface area contributed by atoms with Crippen LogP contribution in [0.5, 0.6) is 0 Å². The van der Waals surface area contributed by atoms with E-state index in [9.17, 15) is 0 Å². The van der Waals surface area contributed by atoms with E-state index in [-0.39, 0.29) is 5.60 Å². The van der Waals surface area contributed by atoms with Crippen LogP contribution in [0.1, 0.15) is 64.6 Å². The van der Waals surface area contributed by atoms with Crippen molar-refractivity contribution >= 4 is 0 Å². The highest BCUT2D eigenvalue weighted by Gasteiger charge is 2.40. The van der Waals surface area contributed by atoms with Gasteiger partial charge in [0.2, 0.25) is 11.7 Å². The normalized spacial score (nSPS) is 19.4. The van der Waals surface area contributed by atoms with Crippen LogP contribution in [0.15, 0.2) is 4.52 Å². The monoisotopic (exact) mass is 281 g/mol. The fourth-order valence-corrected chi connectivity index (χ4v) is 3.04. The van der Waals surface area contributed by atoms with E-state index in [0.717, 1.165) is 43.9 Å². The topological polar surface area (TPSA) is 60.2 Å². The van der Waals surface area contributed by atoms with Gasteiger partial charge in [0.05, 0.1) is 0 Å². The molecule has 1 saturated carbocycles. The van der Waals surface area contributed by atoms with E-state index in [0.29, 0.717) is 12.6 Å². The first-order valence-corrected chi connectivity index (χ1v) is 7.94. The maximum atomic E-state index is 5.97. The van der Waals surface area contributed by atoms with Gasteiger partial charge >= 0.3 is 0 Å². The molecule has 0 aromatic carbocycles. The van der Waals surface area contributed by atoms with E-state index in [4.69, 9.17) is 9.26 Å². The largest absolute Gasteiger partial charge is 0.367 e. The van der Waals surface area contributed by atoms with E-state index in [1.807, 2.05) is 6.92 Å². The van der Waals surface area contributed by atoms with Crippen LogP contribution in [0.3, 0.4) is 0 Å². The molecule has 2 rings (SSSR count). The molecular formula is C15H27N3O2. The van der Waals surface area contributed by atoms with Gasteiger partial charge in [-0.1, -0.05) is 19.0 Å². The molecule has 0 radical (unpaired) electrons. The number of likely N-dealkylation sites (N-methyl/N-ethyl adjacent to an activating group) is 1. The average molecular weight is 281 g/mol. The first-order chi connectivity index (χ1) is 9.74. The summed E-state index contributed by atoms with van der Waals surface area (Å²) in [4.78, 5) is 4.61. The number of aromatic nitrogens is 2. The summed E-state index contributed by atoms with van der Waals surface area (Å²) in [7, 11) is 0. The molecule has 0 amide bonds. The molecule has 1 aliphatic carbocycles. The molecule has 1 aromatic heterocycles. The van der Waals surface area contributed by atoms with Crippen molar-refractivity contribution in [1.29, 1.82) is 0 Å². The van der Waals surface area contributed by atoms with Crippen molar-refractivity contribution in [3.05, 3.63) is 11.7 Å². The minimum absolute atomic E-state index is 0.295. The summed E-state index contributed by atoms with van der Waals surface area (Å²) in [6.45, 7) is 7.97. The van der Waals surface area contributed by atoms with Gasteiger partial charge in [-0.2, -0.15) is 4.98 Å². The van der Waals surface area contributed by atoms with E-state index >= 15 is 0 Å². The Morgan fingerprint density at radius 2 is 2.05 bits per heavy atom. The molecule has 0 saturated heterocycles. The number of hydrogen-bond acceptors (Lipinski definition) is 5. The second kappa shape index (κ2) is 7.18. The van der Waals surface area contributed by atoms with Crippen molar-refractivity contribution < 1.29 is 9.26 Å². The van der Waals surface area contributed by atoms with E-state index in [1.54, 1.807) is 0 Å². The molecule has 1 fully saturated rings. The quantitative estimate of drug-likeness (QED) is 0.794. The zero-order chi connectivity index (χ0) is 14.4. The molecule has 1 atom stereocenters. The Balaban J connectivity index is 2.07. The van der Waals surface area contributed by atoms with E-state index in [2.05, 4.69) is 29.3 Å². The van der Waals surface area contributed by atoms with Gasteiger partial charge in [-0.05, 0) is 45.6 Å². The van der Waals surface area contributed by atoms with Crippen LogP contribution in [0, 0.1) is 0 Å². The zero-order valence-corrected chi connectivity index (χ0v) is 12.9. The summed E-state index contributed by atoms with van der Waals surface area (Å²) in [6.07, 6.45) is 6.22. The van der Waals surface area contributed by atoms with Crippen LogP contribution in [0.25, 0.3) is 0 Å². The van der Waals surface area contributed by atoms with Crippen LogP contribution in [0.2, 0.25) is 0 Å². The maximum Gasteiger partial charge on any atom is 0.228 e. The summed E-state index contributed by atoms with van der Waals surface area (Å²) in [5.41, 5.74) is -0.295. The molecule has 1 N–H and O–H groups in total. The van der Waals surface area contributed by atoms with Gasteiger partial charge in [0.15, 0.2) is 0 Å². The van der Waals surface area contributed by atoms with Crippen molar-refractivity contribution in [3.63, 3.8) is 0 Å². The summed E-state index contributed by atoms with van der Waals surface area (Å²) in [5, 5.41) is 7.63. The number of nitrogens with zero attached hydrogens (tertiary/aromatic N) is 2. The molecule has 5 heteroatoms. The molecule has 1 aromatic rings. The second-order valence-electron chi connectivity index (χ2n) is 5.51. The Morgan fingerprint density at radius 1 is 1.30 bits per heavy atom. The van der Waals surface area contributed by atoms with E-state index in [1.165, 1.54) is 12.8 Å². The van der Waals surface area contributed by atoms with Crippen molar-refractivity contribution in [3.8, 4) is 0 Å². The smallest absolute Gasteiger partial charge is 0.228 e. The Hall–Kier alpha value is -0.940. The second-order valence-corrected chi connectivity index (χ2v) is 5.51. The maximum absolute atomic E-state index is 5.97. The zero-order valence-electron chi connectivity index (χ0n) is 12.9. The van der Waals surface area contributed by atoms with Crippen LogP contribution in [0.4, 0.5) is 0 Å². The van der Waals surface area contributed by atoms with Gasteiger partial charge in [-0.25, -0.2) is 0 Å². The summed E-state index contributed by atoms with van der Waals surface area (Å²) >= 11 is 0. The molecule has 0 aliphatic heterocycles. The number of hydrogen-bond donors (Lipinski definition) is 1. The molecule has 114 valence electrons. The van der Waals surface area contributed by atoms with E-state index < -0.39 is 0 Å². The van der Waals surface area contributed by atoms with Crippen LogP contribution in [-0.2, 0) is 16.8 Å². The minimum atomic E-state index is -0.295. The van der Waals surface area contributed by atoms with Gasteiger partial charge in [0, 0.05) is 19.1 Å². The molecule has 1 aliphatic rings. The lowest BCUT2D eigenvalue weighted by Gasteiger charge is -2.24. The molecule has 0 spiro atoms. The summed E-state index contributed by atoms with van der Waals surface area (Å²) in [5.74, 6) is 1.47. The molecule has 20 heavy (non-hydrogen) atoms. The SMILES string of the molecule is CCNC(CC)Cc1nc(C2(OCC)CCCC2)no1. The Morgan fingerprint density at radius 3 is 2.65 bits per heavy atom. The highest BCUT2D eigenvalue weighted by atomic mass is 16.5. The molecular weight excluding hydrogens is 254 g/mol. The average Bonchev–Trinajstić information content (AvgIpc) is 3.08. The first-order valence-electron chi connectivity index (χ1n) is 7.94. The molecule has 5 nitrogen and oxygen atoms in total.